The number of aliphatic hydroxyl groups excluding tert-OH is 1. The van der Waals surface area contributed by atoms with Crippen LogP contribution in [0, 0.1) is 5.92 Å². The van der Waals surface area contributed by atoms with Crippen molar-refractivity contribution in [2.24, 2.45) is 5.92 Å². The predicted molar refractivity (Wildman–Crippen MR) is 80.9 cm³/mol. The first-order valence-corrected chi connectivity index (χ1v) is 8.20. The highest BCUT2D eigenvalue weighted by molar-refractivity contribution is 9.10. The van der Waals surface area contributed by atoms with Gasteiger partial charge in [0, 0.05) is 23.0 Å². The zero-order valence-electron chi connectivity index (χ0n) is 11.3. The Bertz CT molecular complexity index is 419. The van der Waals surface area contributed by atoms with Crippen LogP contribution in [0.5, 0.6) is 0 Å². The van der Waals surface area contributed by atoms with E-state index in [1.165, 1.54) is 37.8 Å². The van der Waals surface area contributed by atoms with E-state index in [-0.39, 0.29) is 6.10 Å². The molecule has 1 aliphatic heterocycles. The maximum Gasteiger partial charge on any atom is 0.0583 e. The van der Waals surface area contributed by atoms with E-state index in [1.807, 2.05) is 0 Å². The molecule has 2 aliphatic rings. The summed E-state index contributed by atoms with van der Waals surface area (Å²) in [6.45, 7) is 2.21. The molecule has 0 bridgehead atoms. The van der Waals surface area contributed by atoms with Crippen molar-refractivity contribution in [2.75, 3.05) is 6.54 Å². The summed E-state index contributed by atoms with van der Waals surface area (Å²) in [5.41, 5.74) is 1.38. The summed E-state index contributed by atoms with van der Waals surface area (Å²) in [7, 11) is 0. The maximum atomic E-state index is 10.1. The van der Waals surface area contributed by atoms with Crippen LogP contribution in [0.4, 0.5) is 0 Å². The topological polar surface area (TPSA) is 23.5 Å². The standard InChI is InChI=1S/C16H22BrNO/c17-13-8-6-12(7-9-13)11-18-10-2-4-15(18)14-3-1-5-16(14)19/h6-9,14-16,19H,1-5,10-11H2. The van der Waals surface area contributed by atoms with E-state index in [0.717, 1.165) is 17.4 Å². The Morgan fingerprint density at radius 1 is 1.11 bits per heavy atom. The zero-order chi connectivity index (χ0) is 13.2. The van der Waals surface area contributed by atoms with Crippen LogP contribution in [-0.2, 0) is 6.54 Å². The van der Waals surface area contributed by atoms with Crippen LogP contribution in [0.2, 0.25) is 0 Å². The molecule has 3 atom stereocenters. The minimum absolute atomic E-state index is 0.0597. The van der Waals surface area contributed by atoms with Crippen molar-refractivity contribution in [3.63, 3.8) is 0 Å². The molecule has 2 fully saturated rings. The lowest BCUT2D eigenvalue weighted by Gasteiger charge is -2.31. The number of hydrogen-bond donors (Lipinski definition) is 1. The van der Waals surface area contributed by atoms with Crippen LogP contribution in [0.15, 0.2) is 28.7 Å². The van der Waals surface area contributed by atoms with Gasteiger partial charge in [0.15, 0.2) is 0 Å². The summed E-state index contributed by atoms with van der Waals surface area (Å²) < 4.78 is 1.14. The van der Waals surface area contributed by atoms with Crippen LogP contribution >= 0.6 is 15.9 Å². The third-order valence-corrected chi connectivity index (χ3v) is 5.27. The van der Waals surface area contributed by atoms with Gasteiger partial charge in [0.25, 0.3) is 0 Å². The first-order chi connectivity index (χ1) is 9.24. The molecule has 1 saturated carbocycles. The third-order valence-electron chi connectivity index (χ3n) is 4.74. The average Bonchev–Trinajstić information content (AvgIpc) is 3.01. The molecule has 3 unspecified atom stereocenters. The summed E-state index contributed by atoms with van der Waals surface area (Å²) in [5.74, 6) is 0.512. The molecule has 0 amide bonds. The second-order valence-electron chi connectivity index (χ2n) is 5.97. The first kappa shape index (κ1) is 13.6. The van der Waals surface area contributed by atoms with Crippen LogP contribution in [0.1, 0.15) is 37.7 Å². The largest absolute Gasteiger partial charge is 0.393 e. The normalized spacial score (nSPS) is 32.0. The Labute approximate surface area is 123 Å². The Morgan fingerprint density at radius 3 is 2.58 bits per heavy atom. The Balaban J connectivity index is 1.67. The summed E-state index contributed by atoms with van der Waals surface area (Å²) in [6, 6.07) is 9.23. The molecule has 2 nitrogen and oxygen atoms in total. The number of nitrogens with zero attached hydrogens (tertiary/aromatic N) is 1. The fourth-order valence-corrected chi connectivity index (χ4v) is 4.04. The highest BCUT2D eigenvalue weighted by Gasteiger charge is 2.37. The molecule has 1 saturated heterocycles. The quantitative estimate of drug-likeness (QED) is 0.919. The molecule has 104 valence electrons. The van der Waals surface area contributed by atoms with Gasteiger partial charge in [-0.2, -0.15) is 0 Å². The van der Waals surface area contributed by atoms with E-state index in [9.17, 15) is 5.11 Å². The minimum atomic E-state index is -0.0597. The molecule has 3 heteroatoms. The zero-order valence-corrected chi connectivity index (χ0v) is 12.8. The monoisotopic (exact) mass is 323 g/mol. The summed E-state index contributed by atoms with van der Waals surface area (Å²) in [6.07, 6.45) is 5.91. The lowest BCUT2D eigenvalue weighted by atomic mass is 9.94. The van der Waals surface area contributed by atoms with E-state index < -0.39 is 0 Å². The summed E-state index contributed by atoms with van der Waals surface area (Å²) in [5, 5.41) is 10.1. The highest BCUT2D eigenvalue weighted by atomic mass is 79.9. The summed E-state index contributed by atoms with van der Waals surface area (Å²) in [4.78, 5) is 2.59. The van der Waals surface area contributed by atoms with Crippen LogP contribution in [0.3, 0.4) is 0 Å². The van der Waals surface area contributed by atoms with Gasteiger partial charge in [0.2, 0.25) is 0 Å². The smallest absolute Gasteiger partial charge is 0.0583 e. The molecule has 1 N–H and O–H groups in total. The van der Waals surface area contributed by atoms with E-state index >= 15 is 0 Å². The van der Waals surface area contributed by atoms with Gasteiger partial charge in [-0.05, 0) is 49.9 Å². The van der Waals surface area contributed by atoms with Crippen molar-refractivity contribution in [2.45, 2.75) is 50.8 Å². The Morgan fingerprint density at radius 2 is 1.89 bits per heavy atom. The molecular weight excluding hydrogens is 302 g/mol. The first-order valence-electron chi connectivity index (χ1n) is 7.40. The molecule has 0 radical (unpaired) electrons. The van der Waals surface area contributed by atoms with Crippen LogP contribution in [-0.4, -0.2) is 28.7 Å². The van der Waals surface area contributed by atoms with Crippen molar-refractivity contribution in [1.29, 1.82) is 0 Å². The van der Waals surface area contributed by atoms with Crippen molar-refractivity contribution in [3.05, 3.63) is 34.3 Å². The highest BCUT2D eigenvalue weighted by Crippen LogP contribution is 2.36. The van der Waals surface area contributed by atoms with Gasteiger partial charge < -0.3 is 5.11 Å². The van der Waals surface area contributed by atoms with Gasteiger partial charge in [-0.25, -0.2) is 0 Å². The third kappa shape index (κ3) is 3.04. The van der Waals surface area contributed by atoms with Gasteiger partial charge in [0.1, 0.15) is 0 Å². The van der Waals surface area contributed by atoms with Crippen molar-refractivity contribution in [1.82, 2.24) is 4.90 Å². The second kappa shape index (κ2) is 5.94. The SMILES string of the molecule is OC1CCCC1C1CCCN1Cc1ccc(Br)cc1. The van der Waals surface area contributed by atoms with Crippen LogP contribution < -0.4 is 0 Å². The molecule has 1 aromatic rings. The van der Waals surface area contributed by atoms with Gasteiger partial charge in [-0.1, -0.05) is 34.5 Å². The summed E-state index contributed by atoms with van der Waals surface area (Å²) >= 11 is 3.49. The van der Waals surface area contributed by atoms with E-state index in [1.54, 1.807) is 0 Å². The lowest BCUT2D eigenvalue weighted by Crippen LogP contribution is -2.38. The maximum absolute atomic E-state index is 10.1. The van der Waals surface area contributed by atoms with Gasteiger partial charge in [0.05, 0.1) is 6.10 Å². The number of likely N-dealkylation sites (tertiary alicyclic amines) is 1. The average molecular weight is 324 g/mol. The molecule has 3 rings (SSSR count). The molecule has 1 heterocycles. The van der Waals surface area contributed by atoms with Gasteiger partial charge in [-0.15, -0.1) is 0 Å². The number of rotatable bonds is 3. The predicted octanol–water partition coefficient (Wildman–Crippen LogP) is 3.57. The minimum Gasteiger partial charge on any atom is -0.393 e. The van der Waals surface area contributed by atoms with Gasteiger partial charge in [-0.3, -0.25) is 4.90 Å². The van der Waals surface area contributed by atoms with Gasteiger partial charge >= 0.3 is 0 Å². The van der Waals surface area contributed by atoms with Crippen molar-refractivity contribution >= 4 is 15.9 Å². The molecule has 1 aliphatic carbocycles. The molecule has 1 aromatic carbocycles. The fraction of sp³-hybridized carbons (Fsp3) is 0.625. The van der Waals surface area contributed by atoms with E-state index in [4.69, 9.17) is 0 Å². The molecule has 19 heavy (non-hydrogen) atoms. The molecular formula is C16H22BrNO. The second-order valence-corrected chi connectivity index (χ2v) is 6.88. The van der Waals surface area contributed by atoms with E-state index in [0.29, 0.717) is 12.0 Å². The van der Waals surface area contributed by atoms with E-state index in [2.05, 4.69) is 45.1 Å². The fourth-order valence-electron chi connectivity index (χ4n) is 3.78. The Kier molecular flexibility index (Phi) is 4.25. The molecule has 0 aromatic heterocycles. The lowest BCUT2D eigenvalue weighted by molar-refractivity contribution is 0.0719. The number of halogens is 1. The number of hydrogen-bond acceptors (Lipinski definition) is 2. The number of aliphatic hydroxyl groups is 1. The number of benzene rings is 1. The Hall–Kier alpha value is -0.380. The molecule has 0 spiro atoms. The van der Waals surface area contributed by atoms with Crippen molar-refractivity contribution in [3.8, 4) is 0 Å². The van der Waals surface area contributed by atoms with Crippen molar-refractivity contribution < 1.29 is 5.11 Å². The van der Waals surface area contributed by atoms with Crippen LogP contribution in [0.25, 0.3) is 0 Å².